The summed E-state index contributed by atoms with van der Waals surface area (Å²) in [6.45, 7) is 1.03. The van der Waals surface area contributed by atoms with Gasteiger partial charge in [-0.05, 0) is 24.6 Å². The molecule has 2 amide bonds. The van der Waals surface area contributed by atoms with Crippen LogP contribution in [0.3, 0.4) is 0 Å². The molecule has 1 saturated heterocycles. The predicted octanol–water partition coefficient (Wildman–Crippen LogP) is 1.44. The van der Waals surface area contributed by atoms with Crippen molar-refractivity contribution in [3.8, 4) is 0 Å². The molecule has 1 fully saturated rings. The number of carbonyl (C=O) groups excluding carboxylic acids is 2. The highest BCUT2D eigenvalue weighted by Gasteiger charge is 2.21. The number of hydrogen-bond acceptors (Lipinski definition) is 2. The average Bonchev–Trinajstić information content (AvgIpc) is 2.56. The highest BCUT2D eigenvalue weighted by molar-refractivity contribution is 6.30. The molecule has 2 rings (SSSR count). The molecular weight excluding hydrogens is 259 g/mol. The smallest absolute Gasteiger partial charge is 0.254 e. The molecule has 1 aromatic rings. The molecule has 0 aromatic heterocycles. The van der Waals surface area contributed by atoms with Gasteiger partial charge in [-0.3, -0.25) is 9.59 Å². The number of carbonyl (C=O) groups is 2. The van der Waals surface area contributed by atoms with Gasteiger partial charge in [-0.2, -0.15) is 0 Å². The first-order valence-electron chi connectivity index (χ1n) is 5.59. The molecule has 96 valence electrons. The zero-order valence-electron chi connectivity index (χ0n) is 9.58. The number of halogens is 2. The van der Waals surface area contributed by atoms with Crippen LogP contribution in [0.1, 0.15) is 16.8 Å². The van der Waals surface area contributed by atoms with Crippen LogP contribution in [0, 0.1) is 5.82 Å². The van der Waals surface area contributed by atoms with Crippen LogP contribution in [0.15, 0.2) is 18.2 Å². The number of nitrogens with zero attached hydrogens (tertiary/aromatic N) is 1. The van der Waals surface area contributed by atoms with Crippen LogP contribution in [-0.4, -0.2) is 36.3 Å². The molecule has 0 aliphatic carbocycles. The van der Waals surface area contributed by atoms with E-state index < -0.39 is 5.82 Å². The van der Waals surface area contributed by atoms with E-state index in [9.17, 15) is 14.0 Å². The first kappa shape index (κ1) is 12.8. The SMILES string of the molecule is O=C1CN(C(=O)c2ccc(Cl)c(F)c2)CCCN1. The molecule has 18 heavy (non-hydrogen) atoms. The molecule has 1 aromatic carbocycles. The predicted molar refractivity (Wildman–Crippen MR) is 64.9 cm³/mol. The Morgan fingerprint density at radius 2 is 2.22 bits per heavy atom. The lowest BCUT2D eigenvalue weighted by Crippen LogP contribution is -2.37. The molecule has 0 radical (unpaired) electrons. The molecule has 6 heteroatoms. The summed E-state index contributed by atoms with van der Waals surface area (Å²) in [6.07, 6.45) is 0.688. The summed E-state index contributed by atoms with van der Waals surface area (Å²) in [5, 5.41) is 2.65. The number of rotatable bonds is 1. The van der Waals surface area contributed by atoms with Crippen LogP contribution in [0.4, 0.5) is 4.39 Å². The maximum absolute atomic E-state index is 13.3. The van der Waals surface area contributed by atoms with Crippen molar-refractivity contribution in [1.82, 2.24) is 10.2 Å². The maximum Gasteiger partial charge on any atom is 0.254 e. The minimum absolute atomic E-state index is 0.00305. The minimum Gasteiger partial charge on any atom is -0.354 e. The van der Waals surface area contributed by atoms with Gasteiger partial charge in [0.05, 0.1) is 11.6 Å². The van der Waals surface area contributed by atoms with E-state index >= 15 is 0 Å². The summed E-state index contributed by atoms with van der Waals surface area (Å²) in [4.78, 5) is 24.9. The summed E-state index contributed by atoms with van der Waals surface area (Å²) < 4.78 is 13.3. The van der Waals surface area contributed by atoms with Crippen LogP contribution >= 0.6 is 11.6 Å². The van der Waals surface area contributed by atoms with Gasteiger partial charge in [0.2, 0.25) is 5.91 Å². The highest BCUT2D eigenvalue weighted by Crippen LogP contribution is 2.17. The largest absolute Gasteiger partial charge is 0.354 e. The standard InChI is InChI=1S/C12H12ClFN2O2/c13-9-3-2-8(6-10(9)14)12(18)16-5-1-4-15-11(17)7-16/h2-3,6H,1,4-5,7H2,(H,15,17). The Hall–Kier alpha value is -1.62. The van der Waals surface area contributed by atoms with Gasteiger partial charge in [-0.15, -0.1) is 0 Å². The van der Waals surface area contributed by atoms with Crippen LogP contribution < -0.4 is 5.32 Å². The maximum atomic E-state index is 13.3. The Bertz CT molecular complexity index is 493. The van der Waals surface area contributed by atoms with Gasteiger partial charge in [0.25, 0.3) is 5.91 Å². The zero-order chi connectivity index (χ0) is 13.1. The molecule has 0 bridgehead atoms. The Balaban J connectivity index is 2.19. The van der Waals surface area contributed by atoms with Gasteiger partial charge in [-0.1, -0.05) is 11.6 Å². The fraction of sp³-hybridized carbons (Fsp3) is 0.333. The summed E-state index contributed by atoms with van der Waals surface area (Å²) in [7, 11) is 0. The van der Waals surface area contributed by atoms with E-state index in [4.69, 9.17) is 11.6 Å². The van der Waals surface area contributed by atoms with Crippen molar-refractivity contribution in [2.75, 3.05) is 19.6 Å². The number of benzene rings is 1. The summed E-state index contributed by atoms with van der Waals surface area (Å²) in [5.74, 6) is -1.19. The van der Waals surface area contributed by atoms with Crippen LogP contribution in [0.25, 0.3) is 0 Å². The van der Waals surface area contributed by atoms with E-state index in [1.165, 1.54) is 17.0 Å². The fourth-order valence-corrected chi connectivity index (χ4v) is 1.91. The van der Waals surface area contributed by atoms with Gasteiger partial charge < -0.3 is 10.2 Å². The van der Waals surface area contributed by atoms with E-state index in [0.29, 0.717) is 19.5 Å². The highest BCUT2D eigenvalue weighted by atomic mass is 35.5. The molecular formula is C12H12ClFN2O2. The fourth-order valence-electron chi connectivity index (χ4n) is 1.79. The second kappa shape index (κ2) is 5.35. The third-order valence-corrected chi connectivity index (χ3v) is 3.02. The van der Waals surface area contributed by atoms with Gasteiger partial charge >= 0.3 is 0 Å². The molecule has 0 atom stereocenters. The summed E-state index contributed by atoms with van der Waals surface area (Å²) >= 11 is 5.56. The lowest BCUT2D eigenvalue weighted by atomic mass is 10.2. The second-order valence-electron chi connectivity index (χ2n) is 4.06. The van der Waals surface area contributed by atoms with Crippen molar-refractivity contribution in [2.45, 2.75) is 6.42 Å². The molecule has 1 aliphatic rings. The Kier molecular flexibility index (Phi) is 3.81. The first-order valence-corrected chi connectivity index (χ1v) is 5.97. The topological polar surface area (TPSA) is 49.4 Å². The van der Waals surface area contributed by atoms with Gasteiger partial charge in [0, 0.05) is 18.7 Å². The van der Waals surface area contributed by atoms with E-state index in [0.717, 1.165) is 6.07 Å². The Labute approximate surface area is 109 Å². The van der Waals surface area contributed by atoms with Crippen molar-refractivity contribution in [1.29, 1.82) is 0 Å². The van der Waals surface area contributed by atoms with E-state index in [2.05, 4.69) is 5.32 Å². The summed E-state index contributed by atoms with van der Waals surface area (Å²) in [6, 6.07) is 3.88. The number of amides is 2. The monoisotopic (exact) mass is 270 g/mol. The second-order valence-corrected chi connectivity index (χ2v) is 4.47. The third-order valence-electron chi connectivity index (χ3n) is 2.72. The van der Waals surface area contributed by atoms with E-state index in [1.807, 2.05) is 0 Å². The molecule has 1 N–H and O–H groups in total. The number of hydrogen-bond donors (Lipinski definition) is 1. The molecule has 1 heterocycles. The molecule has 0 unspecified atom stereocenters. The Morgan fingerprint density at radius 1 is 1.44 bits per heavy atom. The average molecular weight is 271 g/mol. The van der Waals surface area contributed by atoms with Gasteiger partial charge in [0.1, 0.15) is 5.82 Å². The van der Waals surface area contributed by atoms with Crippen molar-refractivity contribution in [2.24, 2.45) is 0 Å². The van der Waals surface area contributed by atoms with E-state index in [1.54, 1.807) is 0 Å². The zero-order valence-corrected chi connectivity index (χ0v) is 10.3. The van der Waals surface area contributed by atoms with Crippen LogP contribution in [-0.2, 0) is 4.79 Å². The summed E-state index contributed by atoms with van der Waals surface area (Å²) in [5.41, 5.74) is 0.201. The van der Waals surface area contributed by atoms with Gasteiger partial charge in [-0.25, -0.2) is 4.39 Å². The van der Waals surface area contributed by atoms with Crippen molar-refractivity contribution < 1.29 is 14.0 Å². The van der Waals surface area contributed by atoms with Gasteiger partial charge in [0.15, 0.2) is 0 Å². The Morgan fingerprint density at radius 3 is 2.94 bits per heavy atom. The molecule has 0 spiro atoms. The number of nitrogens with one attached hydrogen (secondary N) is 1. The van der Waals surface area contributed by atoms with Crippen LogP contribution in [0.5, 0.6) is 0 Å². The molecule has 0 saturated carbocycles. The lowest BCUT2D eigenvalue weighted by molar-refractivity contribution is -0.121. The molecule has 4 nitrogen and oxygen atoms in total. The first-order chi connectivity index (χ1) is 8.58. The minimum atomic E-state index is -0.637. The molecule has 1 aliphatic heterocycles. The normalized spacial score (nSPS) is 16.1. The van der Waals surface area contributed by atoms with E-state index in [-0.39, 0.29) is 28.9 Å². The van der Waals surface area contributed by atoms with Crippen molar-refractivity contribution >= 4 is 23.4 Å². The lowest BCUT2D eigenvalue weighted by Gasteiger charge is -2.19. The third kappa shape index (κ3) is 2.79. The van der Waals surface area contributed by atoms with Crippen molar-refractivity contribution in [3.63, 3.8) is 0 Å². The van der Waals surface area contributed by atoms with Crippen LogP contribution in [0.2, 0.25) is 5.02 Å². The van der Waals surface area contributed by atoms with Crippen molar-refractivity contribution in [3.05, 3.63) is 34.6 Å². The quantitative estimate of drug-likeness (QED) is 0.840.